The molecule has 1 amide bonds. The van der Waals surface area contributed by atoms with E-state index in [1.807, 2.05) is 25.3 Å². The first-order valence-corrected chi connectivity index (χ1v) is 4.95. The van der Waals surface area contributed by atoms with Crippen molar-refractivity contribution < 1.29 is 21.9 Å². The van der Waals surface area contributed by atoms with E-state index in [1.165, 1.54) is 6.20 Å². The Balaban J connectivity index is 0.00000144. The second-order valence-corrected chi connectivity index (χ2v) is 3.47. The molecule has 0 bridgehead atoms. The van der Waals surface area contributed by atoms with Crippen molar-refractivity contribution in [1.29, 1.82) is 0 Å². The molecule has 6 heteroatoms. The van der Waals surface area contributed by atoms with Gasteiger partial charge in [-0.05, 0) is 25.1 Å². The van der Waals surface area contributed by atoms with Gasteiger partial charge in [0.15, 0.2) is 6.20 Å². The van der Waals surface area contributed by atoms with E-state index >= 15 is 0 Å². The van der Waals surface area contributed by atoms with Gasteiger partial charge in [0.1, 0.15) is 0 Å². The molecule has 0 radical (unpaired) electrons. The second kappa shape index (κ2) is 7.63. The maximum absolute atomic E-state index is 11.8. The minimum absolute atomic E-state index is 0. The number of rotatable bonds is 2. The number of hydrogen-bond donors (Lipinski definition) is 1. The highest BCUT2D eigenvalue weighted by molar-refractivity contribution is 5.98. The summed E-state index contributed by atoms with van der Waals surface area (Å²) in [6.45, 7) is 1.97. The average molecular weight is 286 g/mol. The van der Waals surface area contributed by atoms with Gasteiger partial charge in [-0.15, -0.1) is 17.8 Å². The third-order valence-corrected chi connectivity index (χ3v) is 2.10. The molecule has 1 N–H and O–H groups in total. The average Bonchev–Trinajstić information content (AvgIpc) is 2.30. The SMILES string of the molecule is Cc1ccc[n+](NC(=O)c2cccnc2)c1.Cl.[Cl-]. The van der Waals surface area contributed by atoms with Gasteiger partial charge in [0, 0.05) is 24.0 Å². The summed E-state index contributed by atoms with van der Waals surface area (Å²) in [5.74, 6) is -0.177. The largest absolute Gasteiger partial charge is 1.00 e. The molecule has 0 aliphatic carbocycles. The van der Waals surface area contributed by atoms with Crippen LogP contribution in [0.15, 0.2) is 49.1 Å². The summed E-state index contributed by atoms with van der Waals surface area (Å²) < 4.78 is 1.63. The molecule has 0 aliphatic rings. The minimum atomic E-state index is -0.177. The molecule has 0 saturated carbocycles. The summed E-state index contributed by atoms with van der Waals surface area (Å²) in [4.78, 5) is 15.6. The van der Waals surface area contributed by atoms with E-state index in [2.05, 4.69) is 10.4 Å². The van der Waals surface area contributed by atoms with Crippen LogP contribution in [0.5, 0.6) is 0 Å². The molecular formula is C12H13Cl2N3O. The lowest BCUT2D eigenvalue weighted by molar-refractivity contribution is -0.641. The molecule has 0 aromatic carbocycles. The zero-order valence-corrected chi connectivity index (χ0v) is 11.3. The molecule has 4 nitrogen and oxygen atoms in total. The predicted molar refractivity (Wildman–Crippen MR) is 66.6 cm³/mol. The quantitative estimate of drug-likeness (QED) is 0.682. The third-order valence-electron chi connectivity index (χ3n) is 2.10. The van der Waals surface area contributed by atoms with Crippen molar-refractivity contribution in [3.8, 4) is 0 Å². The Morgan fingerprint density at radius 3 is 2.72 bits per heavy atom. The summed E-state index contributed by atoms with van der Waals surface area (Å²) in [7, 11) is 0. The summed E-state index contributed by atoms with van der Waals surface area (Å²) in [6.07, 6.45) is 6.79. The Kier molecular flexibility index (Phi) is 6.93. The molecule has 0 unspecified atom stereocenters. The number of pyridine rings is 2. The number of carbonyl (C=O) groups excluding carboxylic acids is 1. The molecule has 0 spiro atoms. The molecule has 0 atom stereocenters. The second-order valence-electron chi connectivity index (χ2n) is 3.47. The molecule has 0 fully saturated rings. The van der Waals surface area contributed by atoms with Crippen LogP contribution in [0, 0.1) is 6.92 Å². The molecule has 0 saturated heterocycles. The highest BCUT2D eigenvalue weighted by Gasteiger charge is 2.09. The fourth-order valence-electron chi connectivity index (χ4n) is 1.34. The summed E-state index contributed by atoms with van der Waals surface area (Å²) in [5, 5.41) is 0. The van der Waals surface area contributed by atoms with Gasteiger partial charge in [0.2, 0.25) is 6.20 Å². The lowest BCUT2D eigenvalue weighted by Crippen LogP contribution is -3.00. The molecule has 2 aromatic rings. The molecule has 2 rings (SSSR count). The lowest BCUT2D eigenvalue weighted by Gasteiger charge is -1.99. The van der Waals surface area contributed by atoms with Crippen molar-refractivity contribution in [2.45, 2.75) is 6.92 Å². The fourth-order valence-corrected chi connectivity index (χ4v) is 1.34. The zero-order valence-electron chi connectivity index (χ0n) is 9.71. The third kappa shape index (κ3) is 4.31. The van der Waals surface area contributed by atoms with Gasteiger partial charge in [-0.25, -0.2) is 0 Å². The maximum Gasteiger partial charge on any atom is 0.306 e. The van der Waals surface area contributed by atoms with Gasteiger partial charge >= 0.3 is 5.91 Å². The minimum Gasteiger partial charge on any atom is -1.00 e. The van der Waals surface area contributed by atoms with Crippen molar-refractivity contribution >= 4 is 18.3 Å². The van der Waals surface area contributed by atoms with Crippen molar-refractivity contribution in [1.82, 2.24) is 4.98 Å². The normalized spacial score (nSPS) is 8.72. The first kappa shape index (κ1) is 16.4. The number of carbonyl (C=O) groups is 1. The highest BCUT2D eigenvalue weighted by atomic mass is 35.5. The smallest absolute Gasteiger partial charge is 0.306 e. The number of hydrogen-bond acceptors (Lipinski definition) is 2. The Bertz CT molecular complexity index is 506. The van der Waals surface area contributed by atoms with Gasteiger partial charge in [-0.2, -0.15) is 0 Å². The van der Waals surface area contributed by atoms with Crippen LogP contribution in [-0.4, -0.2) is 10.9 Å². The molecule has 2 heterocycles. The number of aryl methyl sites for hydroxylation is 1. The van der Waals surface area contributed by atoms with Crippen molar-refractivity contribution in [2.24, 2.45) is 0 Å². The van der Waals surface area contributed by atoms with Crippen LogP contribution >= 0.6 is 12.4 Å². The number of nitrogens with one attached hydrogen (secondary N) is 1. The lowest BCUT2D eigenvalue weighted by atomic mass is 10.3. The molecule has 2 aromatic heterocycles. The highest BCUT2D eigenvalue weighted by Crippen LogP contribution is 1.95. The summed E-state index contributed by atoms with van der Waals surface area (Å²) >= 11 is 0. The van der Waals surface area contributed by atoms with E-state index in [9.17, 15) is 4.79 Å². The van der Waals surface area contributed by atoms with Gasteiger partial charge < -0.3 is 12.4 Å². The van der Waals surface area contributed by atoms with Gasteiger partial charge in [-0.3, -0.25) is 9.78 Å². The molecule has 18 heavy (non-hydrogen) atoms. The van der Waals surface area contributed by atoms with Gasteiger partial charge in [-0.1, -0.05) is 4.68 Å². The number of aromatic nitrogens is 2. The zero-order chi connectivity index (χ0) is 11.4. The van der Waals surface area contributed by atoms with E-state index in [4.69, 9.17) is 0 Å². The van der Waals surface area contributed by atoms with Crippen molar-refractivity contribution in [2.75, 3.05) is 5.43 Å². The van der Waals surface area contributed by atoms with Crippen LogP contribution in [0.3, 0.4) is 0 Å². The monoisotopic (exact) mass is 285 g/mol. The van der Waals surface area contributed by atoms with Crippen LogP contribution in [0.2, 0.25) is 0 Å². The Morgan fingerprint density at radius 2 is 2.11 bits per heavy atom. The van der Waals surface area contributed by atoms with Gasteiger partial charge in [0.25, 0.3) is 0 Å². The first-order valence-electron chi connectivity index (χ1n) is 4.95. The summed E-state index contributed by atoms with van der Waals surface area (Å²) in [6, 6.07) is 7.29. The summed E-state index contributed by atoms with van der Waals surface area (Å²) in [5.41, 5.74) is 4.35. The van der Waals surface area contributed by atoms with Crippen molar-refractivity contribution in [3.63, 3.8) is 0 Å². The Labute approximate surface area is 118 Å². The molecule has 96 valence electrons. The van der Waals surface area contributed by atoms with Crippen LogP contribution in [-0.2, 0) is 0 Å². The van der Waals surface area contributed by atoms with E-state index in [1.54, 1.807) is 29.2 Å². The van der Waals surface area contributed by atoms with Crippen molar-refractivity contribution in [3.05, 3.63) is 60.2 Å². The standard InChI is InChI=1S/C12H11N3O.2ClH/c1-10-4-3-7-15(9-10)14-12(16)11-5-2-6-13-8-11;;/h2-9H,1H3;2*1H. The van der Waals surface area contributed by atoms with E-state index < -0.39 is 0 Å². The number of halogens is 2. The van der Waals surface area contributed by atoms with Crippen LogP contribution in [0.1, 0.15) is 15.9 Å². The van der Waals surface area contributed by atoms with E-state index in [0.29, 0.717) is 5.56 Å². The first-order chi connectivity index (χ1) is 7.75. The molecule has 0 aliphatic heterocycles. The Hall–Kier alpha value is -1.65. The van der Waals surface area contributed by atoms with E-state index in [0.717, 1.165) is 5.56 Å². The number of amides is 1. The Morgan fingerprint density at radius 1 is 1.33 bits per heavy atom. The van der Waals surface area contributed by atoms with E-state index in [-0.39, 0.29) is 30.7 Å². The van der Waals surface area contributed by atoms with Gasteiger partial charge in [0.05, 0.1) is 5.56 Å². The molecular weight excluding hydrogens is 273 g/mol. The predicted octanol–water partition coefficient (Wildman–Crippen LogP) is -1.51. The topological polar surface area (TPSA) is 45.9 Å². The van der Waals surface area contributed by atoms with Crippen LogP contribution in [0.4, 0.5) is 0 Å². The van der Waals surface area contributed by atoms with Crippen LogP contribution in [0.25, 0.3) is 0 Å². The van der Waals surface area contributed by atoms with Crippen LogP contribution < -0.4 is 22.5 Å². The maximum atomic E-state index is 11.8. The fraction of sp³-hybridized carbons (Fsp3) is 0.0833. The number of nitrogens with zero attached hydrogens (tertiary/aromatic N) is 2.